The number of aryl methyl sites for hydroxylation is 2. The summed E-state index contributed by atoms with van der Waals surface area (Å²) in [5.41, 5.74) is 18.6. The number of fused-ring (bicyclic) bond motifs is 2. The number of nitrogens with zero attached hydrogens (tertiary/aromatic N) is 12. The lowest BCUT2D eigenvalue weighted by Gasteiger charge is -2.32. The molecule has 2 unspecified atom stereocenters. The molecule has 2 aliphatic heterocycles. The number of benzene rings is 2. The van der Waals surface area contributed by atoms with Crippen LogP contribution < -0.4 is 22.1 Å². The second-order valence-electron chi connectivity index (χ2n) is 17.1. The molecule has 0 bridgehead atoms. The van der Waals surface area contributed by atoms with Gasteiger partial charge in [0.05, 0.1) is 22.9 Å². The highest BCUT2D eigenvalue weighted by Gasteiger charge is 2.30. The number of pyridine rings is 1. The van der Waals surface area contributed by atoms with Crippen LogP contribution in [0.25, 0.3) is 44.6 Å². The number of piperidine rings is 2. The van der Waals surface area contributed by atoms with Crippen LogP contribution in [-0.4, -0.2) is 109 Å². The molecule has 20 nitrogen and oxygen atoms in total. The Morgan fingerprint density at radius 2 is 1.15 bits per heavy atom. The molecule has 0 saturated carbocycles. The third kappa shape index (κ3) is 10.1. The number of nitrogen functional groups attached to an aromatic ring is 2. The number of carbonyl (C=O) groups excluding carboxylic acids is 4. The van der Waals surface area contributed by atoms with Crippen molar-refractivity contribution < 1.29 is 19.2 Å². The predicted molar refractivity (Wildman–Crippen MR) is 272 cm³/mol. The van der Waals surface area contributed by atoms with Crippen LogP contribution in [0, 0.1) is 13.8 Å². The number of rotatable bonds is 10. The number of aromatic nitrogens is 10. The number of nitrogens with one attached hydrogen (secondary N) is 2. The number of anilines is 4. The van der Waals surface area contributed by atoms with Crippen molar-refractivity contribution in [2.45, 2.75) is 51.6 Å². The number of likely N-dealkylation sites (tertiary alicyclic amines) is 2. The molecule has 0 radical (unpaired) electrons. The van der Waals surface area contributed by atoms with E-state index in [1.807, 2.05) is 59.6 Å². The minimum Gasteiger partial charge on any atom is -0.383 e. The highest BCUT2D eigenvalue weighted by molar-refractivity contribution is 7.15. The number of thiazole rings is 1. The third-order valence-electron chi connectivity index (χ3n) is 12.3. The summed E-state index contributed by atoms with van der Waals surface area (Å²) in [6.45, 7) is 13.5. The minimum atomic E-state index is -0.257. The first-order valence-corrected chi connectivity index (χ1v) is 23.7. The minimum absolute atomic E-state index is 0.0509. The average molecular weight is 971 g/mol. The molecular weight excluding hydrogens is 921 g/mol. The van der Waals surface area contributed by atoms with E-state index in [0.29, 0.717) is 93.3 Å². The molecule has 8 heterocycles. The molecule has 10 rings (SSSR count). The summed E-state index contributed by atoms with van der Waals surface area (Å²) in [5, 5.41) is 17.2. The molecule has 2 fully saturated rings. The topological polar surface area (TPSA) is 264 Å². The molecule has 2 aromatic carbocycles. The average Bonchev–Trinajstić information content (AvgIpc) is 4.12. The van der Waals surface area contributed by atoms with Crippen LogP contribution in [0.2, 0.25) is 0 Å². The molecule has 6 aromatic heterocycles. The zero-order chi connectivity index (χ0) is 49.8. The fourth-order valence-corrected chi connectivity index (χ4v) is 9.46. The van der Waals surface area contributed by atoms with E-state index in [4.69, 9.17) is 21.7 Å². The zero-order valence-corrected chi connectivity index (χ0v) is 39.8. The first-order chi connectivity index (χ1) is 34.4. The molecule has 6 N–H and O–H groups in total. The number of hydrogen-bond acceptors (Lipinski definition) is 15. The Bertz CT molecular complexity index is 3330. The first kappa shape index (κ1) is 47.4. The largest absolute Gasteiger partial charge is 0.383 e. The SMILES string of the molecule is C=CC(=O)N1CCCC(n2nc(-c3ccc(C(=O)Nc4cc(C)ccn4)cc3)c3c(N)ncnc32)C1.C=CC(=O)N1CCCC(n2nc(-c3ccc(C(=O)Nc4ncc(C)s4)cc3)c3c(N)ncnc32)C1. The molecule has 4 amide bonds. The Morgan fingerprint density at radius 1 is 0.662 bits per heavy atom. The lowest BCUT2D eigenvalue weighted by atomic mass is 10.1. The molecule has 360 valence electrons. The van der Waals surface area contributed by atoms with Gasteiger partial charge in [-0.05, 0) is 93.6 Å². The van der Waals surface area contributed by atoms with Crippen molar-refractivity contribution in [1.82, 2.24) is 59.3 Å². The van der Waals surface area contributed by atoms with E-state index in [0.717, 1.165) is 47.3 Å². The summed E-state index contributed by atoms with van der Waals surface area (Å²) in [7, 11) is 0. The van der Waals surface area contributed by atoms with E-state index < -0.39 is 0 Å². The van der Waals surface area contributed by atoms with E-state index in [9.17, 15) is 19.2 Å². The van der Waals surface area contributed by atoms with E-state index in [1.54, 1.807) is 46.5 Å². The number of hydrogen-bond donors (Lipinski definition) is 4. The van der Waals surface area contributed by atoms with Crippen molar-refractivity contribution in [3.05, 3.63) is 133 Å². The summed E-state index contributed by atoms with van der Waals surface area (Å²) >= 11 is 1.42. The first-order valence-electron chi connectivity index (χ1n) is 22.9. The Morgan fingerprint density at radius 3 is 1.61 bits per heavy atom. The maximum atomic E-state index is 12.7. The van der Waals surface area contributed by atoms with Crippen molar-refractivity contribution in [1.29, 1.82) is 0 Å². The highest BCUT2D eigenvalue weighted by Crippen LogP contribution is 2.36. The van der Waals surface area contributed by atoms with Gasteiger partial charge in [0.25, 0.3) is 11.8 Å². The second-order valence-corrected chi connectivity index (χ2v) is 18.4. The molecule has 21 heteroatoms. The lowest BCUT2D eigenvalue weighted by molar-refractivity contribution is -0.128. The fourth-order valence-electron chi connectivity index (χ4n) is 8.81. The van der Waals surface area contributed by atoms with Crippen LogP contribution in [0.4, 0.5) is 22.6 Å². The van der Waals surface area contributed by atoms with Crippen LogP contribution >= 0.6 is 11.3 Å². The second kappa shape index (κ2) is 20.5. The Balaban J connectivity index is 0.000000176. The van der Waals surface area contributed by atoms with Crippen molar-refractivity contribution in [2.24, 2.45) is 0 Å². The Labute approximate surface area is 411 Å². The summed E-state index contributed by atoms with van der Waals surface area (Å²) in [5.74, 6) is 0.457. The smallest absolute Gasteiger partial charge is 0.257 e. The van der Waals surface area contributed by atoms with Crippen LogP contribution in [-0.2, 0) is 9.59 Å². The third-order valence-corrected chi connectivity index (χ3v) is 13.2. The normalized spacial score (nSPS) is 15.7. The Kier molecular flexibility index (Phi) is 13.7. The van der Waals surface area contributed by atoms with Gasteiger partial charge in [0, 0.05) is 65.7 Å². The summed E-state index contributed by atoms with van der Waals surface area (Å²) in [6.07, 6.45) is 12.3. The molecule has 2 saturated heterocycles. The van der Waals surface area contributed by atoms with Gasteiger partial charge in [-0.2, -0.15) is 10.2 Å². The van der Waals surface area contributed by atoms with Gasteiger partial charge in [0.1, 0.15) is 41.5 Å². The standard InChI is InChI=1S/C26H26N8O2.C24H24N8O2S/c1-3-21(35)33-12-4-5-19(14-33)34-25-22(24(27)29-15-30-25)23(32-34)17-6-8-18(9-7-17)26(36)31-20-13-16(2)10-11-28-20;1-3-18(33)31-10-4-5-17(12-31)32-22-19(21(25)27-13-28-22)20(30-32)15-6-8-16(9-7-15)23(34)29-24-26-11-14(2)35-24/h3,6-11,13,15,19H,1,4-5,12,14H2,2H3,(H2,27,29,30)(H,28,31,36);3,6-9,11,13,17H,1,4-5,10,12H2,2H3,(H2,25,27,28)(H,26,29,34). The maximum absolute atomic E-state index is 12.7. The van der Waals surface area contributed by atoms with Gasteiger partial charge in [-0.3, -0.25) is 24.5 Å². The van der Waals surface area contributed by atoms with E-state index in [2.05, 4.69) is 53.7 Å². The summed E-state index contributed by atoms with van der Waals surface area (Å²) in [4.78, 5) is 79.9. The molecule has 71 heavy (non-hydrogen) atoms. The molecule has 0 spiro atoms. The molecule has 8 aromatic rings. The van der Waals surface area contributed by atoms with Crippen LogP contribution in [0.3, 0.4) is 0 Å². The number of amides is 4. The van der Waals surface area contributed by atoms with Crippen molar-refractivity contribution in [3.8, 4) is 22.5 Å². The number of carbonyl (C=O) groups is 4. The van der Waals surface area contributed by atoms with Crippen LogP contribution in [0.5, 0.6) is 0 Å². The highest BCUT2D eigenvalue weighted by atomic mass is 32.1. The van der Waals surface area contributed by atoms with Gasteiger partial charge in [-0.15, -0.1) is 11.3 Å². The van der Waals surface area contributed by atoms with Gasteiger partial charge < -0.3 is 26.6 Å². The van der Waals surface area contributed by atoms with Gasteiger partial charge in [0.2, 0.25) is 11.8 Å². The Hall–Kier alpha value is -8.72. The van der Waals surface area contributed by atoms with Crippen molar-refractivity contribution in [2.75, 3.05) is 48.3 Å². The van der Waals surface area contributed by atoms with Gasteiger partial charge in [-0.25, -0.2) is 39.3 Å². The number of nitrogens with two attached hydrogens (primary N) is 2. The van der Waals surface area contributed by atoms with Gasteiger partial charge in [0.15, 0.2) is 16.4 Å². The molecule has 2 aliphatic rings. The monoisotopic (exact) mass is 970 g/mol. The van der Waals surface area contributed by atoms with E-state index in [1.165, 1.54) is 36.1 Å². The zero-order valence-electron chi connectivity index (χ0n) is 39.0. The fraction of sp³-hybridized carbons (Fsp3) is 0.240. The quantitative estimate of drug-likeness (QED) is 0.103. The van der Waals surface area contributed by atoms with E-state index >= 15 is 0 Å². The molecule has 2 atom stereocenters. The van der Waals surface area contributed by atoms with Gasteiger partial charge >= 0.3 is 0 Å². The van der Waals surface area contributed by atoms with Gasteiger partial charge in [-0.1, -0.05) is 37.4 Å². The predicted octanol–water partition coefficient (Wildman–Crippen LogP) is 6.82. The maximum Gasteiger partial charge on any atom is 0.257 e. The van der Waals surface area contributed by atoms with Crippen LogP contribution in [0.15, 0.2) is 111 Å². The molecular formula is C50H50N16O4S. The van der Waals surface area contributed by atoms with E-state index in [-0.39, 0.29) is 35.7 Å². The summed E-state index contributed by atoms with van der Waals surface area (Å²) < 4.78 is 3.69. The van der Waals surface area contributed by atoms with Crippen molar-refractivity contribution >= 4 is 79.6 Å². The lowest BCUT2D eigenvalue weighted by Crippen LogP contribution is -2.40. The summed E-state index contributed by atoms with van der Waals surface area (Å²) in [6, 6.07) is 17.8. The van der Waals surface area contributed by atoms with Crippen molar-refractivity contribution in [3.63, 3.8) is 0 Å². The van der Waals surface area contributed by atoms with Crippen LogP contribution in [0.1, 0.15) is 68.9 Å². The molecule has 0 aliphatic carbocycles.